The number of ether oxygens (including phenoxy) is 2. The standard InChI is InChI=1S/C18H15FN4O2/c1-3-13-16(2)24-14(11-6-4-5-7-12(11)19)17(8-20,9-21)18(13,10-22)15(23)25-16/h4-7,13-14,23H,3H2,1-2H3. The normalized spacial score (nSPS) is 35.1. The number of nitrogens with zero attached hydrogens (tertiary/aromatic N) is 3. The van der Waals surface area contributed by atoms with Gasteiger partial charge in [-0.1, -0.05) is 25.1 Å². The van der Waals surface area contributed by atoms with Crippen molar-refractivity contribution >= 4 is 5.90 Å². The Kier molecular flexibility index (Phi) is 3.56. The van der Waals surface area contributed by atoms with Gasteiger partial charge in [0, 0.05) is 12.5 Å². The Hall–Kier alpha value is -2.95. The third-order valence-corrected chi connectivity index (χ3v) is 5.31. The van der Waals surface area contributed by atoms with Crippen LogP contribution in [0.1, 0.15) is 31.9 Å². The molecule has 0 aliphatic carbocycles. The summed E-state index contributed by atoms with van der Waals surface area (Å²) in [6, 6.07) is 11.4. The van der Waals surface area contributed by atoms with Gasteiger partial charge >= 0.3 is 0 Å². The van der Waals surface area contributed by atoms with Gasteiger partial charge in [-0.25, -0.2) is 4.39 Å². The molecule has 0 spiro atoms. The van der Waals surface area contributed by atoms with Gasteiger partial charge in [0.15, 0.2) is 5.41 Å². The van der Waals surface area contributed by atoms with Gasteiger partial charge in [-0.15, -0.1) is 0 Å². The molecule has 25 heavy (non-hydrogen) atoms. The van der Waals surface area contributed by atoms with Crippen molar-refractivity contribution in [2.75, 3.05) is 0 Å². The number of fused-ring (bicyclic) bond motifs is 2. The maximum Gasteiger partial charge on any atom is 0.214 e. The minimum absolute atomic E-state index is 0.00990. The molecule has 1 N–H and O–H groups in total. The van der Waals surface area contributed by atoms with Gasteiger partial charge in [0.2, 0.25) is 17.1 Å². The zero-order valence-electron chi connectivity index (χ0n) is 13.7. The molecule has 4 unspecified atom stereocenters. The molecule has 6 nitrogen and oxygen atoms in total. The molecule has 2 fully saturated rings. The van der Waals surface area contributed by atoms with Crippen molar-refractivity contribution in [2.45, 2.75) is 32.2 Å². The highest BCUT2D eigenvalue weighted by Gasteiger charge is 2.79. The lowest BCUT2D eigenvalue weighted by Gasteiger charge is -2.48. The largest absolute Gasteiger partial charge is 0.448 e. The minimum atomic E-state index is -2.11. The maximum atomic E-state index is 14.4. The molecule has 2 aliphatic heterocycles. The van der Waals surface area contributed by atoms with Crippen LogP contribution in [0, 0.1) is 62.0 Å². The zero-order chi connectivity index (χ0) is 18.5. The molecule has 2 aliphatic rings. The van der Waals surface area contributed by atoms with Crippen LogP contribution in [0.5, 0.6) is 0 Å². The van der Waals surface area contributed by atoms with E-state index in [4.69, 9.17) is 14.9 Å². The van der Waals surface area contributed by atoms with Crippen LogP contribution in [-0.2, 0) is 9.47 Å². The molecular formula is C18H15FN4O2. The SMILES string of the molecule is CCC1C2(C)OC(=N)C1(C#N)C(C#N)(C#N)C(c1ccccc1F)O2. The van der Waals surface area contributed by atoms with Crippen molar-refractivity contribution in [3.63, 3.8) is 0 Å². The van der Waals surface area contributed by atoms with Gasteiger partial charge in [0.25, 0.3) is 0 Å². The van der Waals surface area contributed by atoms with E-state index in [1.54, 1.807) is 19.9 Å². The first-order chi connectivity index (χ1) is 11.9. The Morgan fingerprint density at radius 1 is 1.20 bits per heavy atom. The van der Waals surface area contributed by atoms with Crippen LogP contribution in [0.25, 0.3) is 0 Å². The summed E-state index contributed by atoms with van der Waals surface area (Å²) < 4.78 is 25.9. The van der Waals surface area contributed by atoms with E-state index in [1.165, 1.54) is 18.2 Å². The first-order valence-corrected chi connectivity index (χ1v) is 7.81. The number of halogens is 1. The maximum absolute atomic E-state index is 14.4. The van der Waals surface area contributed by atoms with E-state index in [1.807, 2.05) is 18.2 Å². The monoisotopic (exact) mass is 338 g/mol. The van der Waals surface area contributed by atoms with E-state index < -0.39 is 40.4 Å². The number of nitriles is 3. The Balaban J connectivity index is 2.37. The summed E-state index contributed by atoms with van der Waals surface area (Å²) >= 11 is 0. The summed E-state index contributed by atoms with van der Waals surface area (Å²) in [5, 5.41) is 38.0. The molecule has 0 aromatic heterocycles. The van der Waals surface area contributed by atoms with E-state index in [0.29, 0.717) is 6.42 Å². The second kappa shape index (κ2) is 5.28. The average molecular weight is 338 g/mol. The highest BCUT2D eigenvalue weighted by Crippen LogP contribution is 2.67. The molecule has 1 aromatic carbocycles. The van der Waals surface area contributed by atoms with Gasteiger partial charge < -0.3 is 9.47 Å². The lowest BCUT2D eigenvalue weighted by molar-refractivity contribution is -0.273. The van der Waals surface area contributed by atoms with E-state index in [9.17, 15) is 20.2 Å². The van der Waals surface area contributed by atoms with Gasteiger partial charge in [-0.2, -0.15) is 15.8 Å². The first-order valence-electron chi connectivity index (χ1n) is 7.81. The Morgan fingerprint density at radius 2 is 1.84 bits per heavy atom. The molecule has 4 atom stereocenters. The molecular weight excluding hydrogens is 323 g/mol. The summed E-state index contributed by atoms with van der Waals surface area (Å²) in [4.78, 5) is 0. The molecule has 2 bridgehead atoms. The van der Waals surface area contributed by atoms with Crippen molar-refractivity contribution in [1.82, 2.24) is 0 Å². The molecule has 2 saturated heterocycles. The van der Waals surface area contributed by atoms with E-state index in [0.717, 1.165) is 0 Å². The fourth-order valence-electron chi connectivity index (χ4n) is 4.19. The summed E-state index contributed by atoms with van der Waals surface area (Å²) in [5.41, 5.74) is -3.97. The Labute approximate surface area is 144 Å². The number of benzene rings is 1. The van der Waals surface area contributed by atoms with Gasteiger partial charge in [-0.05, 0) is 12.5 Å². The number of nitrogens with one attached hydrogen (secondary N) is 1. The molecule has 0 amide bonds. The molecule has 7 heteroatoms. The van der Waals surface area contributed by atoms with Crippen LogP contribution in [0.3, 0.4) is 0 Å². The molecule has 0 saturated carbocycles. The van der Waals surface area contributed by atoms with Crippen LogP contribution in [-0.4, -0.2) is 11.7 Å². The summed E-state index contributed by atoms with van der Waals surface area (Å²) in [5.74, 6) is -3.24. The predicted octanol–water partition coefficient (Wildman–Crippen LogP) is 3.19. The third-order valence-electron chi connectivity index (χ3n) is 5.31. The van der Waals surface area contributed by atoms with Gasteiger partial charge in [0.05, 0.1) is 24.1 Å². The average Bonchev–Trinajstić information content (AvgIpc) is 2.78. The Morgan fingerprint density at radius 3 is 2.36 bits per heavy atom. The smallest absolute Gasteiger partial charge is 0.214 e. The summed E-state index contributed by atoms with van der Waals surface area (Å²) in [7, 11) is 0. The van der Waals surface area contributed by atoms with Crippen LogP contribution in [0.15, 0.2) is 24.3 Å². The lowest BCUT2D eigenvalue weighted by Crippen LogP contribution is -2.58. The van der Waals surface area contributed by atoms with E-state index in [2.05, 4.69) is 0 Å². The fraction of sp³-hybridized carbons (Fsp3) is 0.444. The van der Waals surface area contributed by atoms with Crippen molar-refractivity contribution < 1.29 is 13.9 Å². The Bertz CT molecular complexity index is 866. The van der Waals surface area contributed by atoms with Gasteiger partial charge in [-0.3, -0.25) is 5.41 Å². The molecule has 3 rings (SSSR count). The topological polar surface area (TPSA) is 114 Å². The quantitative estimate of drug-likeness (QED) is 0.889. The van der Waals surface area contributed by atoms with Crippen molar-refractivity contribution in [1.29, 1.82) is 21.2 Å². The van der Waals surface area contributed by atoms with Crippen LogP contribution >= 0.6 is 0 Å². The van der Waals surface area contributed by atoms with Crippen LogP contribution in [0.2, 0.25) is 0 Å². The lowest BCUT2D eigenvalue weighted by atomic mass is 9.53. The van der Waals surface area contributed by atoms with E-state index >= 15 is 0 Å². The van der Waals surface area contributed by atoms with Crippen LogP contribution < -0.4 is 0 Å². The molecule has 2 heterocycles. The van der Waals surface area contributed by atoms with Crippen molar-refractivity contribution in [3.05, 3.63) is 35.6 Å². The van der Waals surface area contributed by atoms with Crippen molar-refractivity contribution in [2.24, 2.45) is 16.7 Å². The fourth-order valence-corrected chi connectivity index (χ4v) is 4.19. The van der Waals surface area contributed by atoms with Gasteiger partial charge in [0.1, 0.15) is 11.9 Å². The third kappa shape index (κ3) is 1.75. The molecule has 126 valence electrons. The molecule has 1 aromatic rings. The number of hydrogen-bond acceptors (Lipinski definition) is 6. The summed E-state index contributed by atoms with van der Waals surface area (Å²) in [6.07, 6.45) is -1.01. The van der Waals surface area contributed by atoms with E-state index in [-0.39, 0.29) is 5.56 Å². The number of rotatable bonds is 2. The highest BCUT2D eigenvalue weighted by molar-refractivity contribution is 5.89. The summed E-state index contributed by atoms with van der Waals surface area (Å²) in [6.45, 7) is 3.32. The highest BCUT2D eigenvalue weighted by atomic mass is 19.1. The molecule has 0 radical (unpaired) electrons. The second-order valence-corrected chi connectivity index (χ2v) is 6.38. The number of hydrogen-bond donors (Lipinski definition) is 1. The second-order valence-electron chi connectivity index (χ2n) is 6.38. The zero-order valence-corrected chi connectivity index (χ0v) is 13.7. The van der Waals surface area contributed by atoms with Crippen molar-refractivity contribution in [3.8, 4) is 18.2 Å². The predicted molar refractivity (Wildman–Crippen MR) is 82.9 cm³/mol. The van der Waals surface area contributed by atoms with Crippen LogP contribution in [0.4, 0.5) is 4.39 Å². The first kappa shape index (κ1) is 16.9. The minimum Gasteiger partial charge on any atom is -0.448 e.